The molecule has 96 valence electrons. The lowest BCUT2D eigenvalue weighted by molar-refractivity contribution is 0.369. The van der Waals surface area contributed by atoms with Gasteiger partial charge >= 0.3 is 0 Å². The molecule has 0 radical (unpaired) electrons. The molecular weight excluding hydrogens is 294 g/mol. The summed E-state index contributed by atoms with van der Waals surface area (Å²) in [6.45, 7) is 9.04. The highest BCUT2D eigenvalue weighted by atomic mass is 79.9. The van der Waals surface area contributed by atoms with Crippen LogP contribution in [0.15, 0.2) is 33.6 Å². The van der Waals surface area contributed by atoms with Crippen molar-refractivity contribution in [2.45, 2.75) is 32.1 Å². The first-order chi connectivity index (χ1) is 7.97. The molecule has 0 unspecified atom stereocenters. The van der Waals surface area contributed by atoms with Crippen LogP contribution in [-0.4, -0.2) is 18.8 Å². The highest BCUT2D eigenvalue weighted by Crippen LogP contribution is 2.20. The second-order valence-electron chi connectivity index (χ2n) is 5.36. The first-order valence-electron chi connectivity index (χ1n) is 6.06. The first kappa shape index (κ1) is 15.1. The molecular formula is C14H22BrNS. The molecule has 1 nitrogen and oxygen atoms in total. The molecule has 0 aliphatic rings. The van der Waals surface area contributed by atoms with E-state index in [0.29, 0.717) is 5.41 Å². The molecule has 0 amide bonds. The van der Waals surface area contributed by atoms with Crippen LogP contribution in [0, 0.1) is 5.41 Å². The molecule has 0 saturated carbocycles. The van der Waals surface area contributed by atoms with Gasteiger partial charge in [0, 0.05) is 21.7 Å². The molecule has 0 spiro atoms. The second kappa shape index (κ2) is 7.45. The minimum Gasteiger partial charge on any atom is -0.316 e. The highest BCUT2D eigenvalue weighted by molar-refractivity contribution is 9.10. The summed E-state index contributed by atoms with van der Waals surface area (Å²) in [6.07, 6.45) is 1.23. The molecule has 0 atom stereocenters. The van der Waals surface area contributed by atoms with E-state index < -0.39 is 0 Å². The van der Waals surface area contributed by atoms with Crippen molar-refractivity contribution in [2.24, 2.45) is 5.41 Å². The average Bonchev–Trinajstić information content (AvgIpc) is 2.24. The van der Waals surface area contributed by atoms with Gasteiger partial charge in [0.25, 0.3) is 0 Å². The zero-order valence-electron chi connectivity index (χ0n) is 10.9. The lowest BCUT2D eigenvalue weighted by atomic mass is 9.92. The summed E-state index contributed by atoms with van der Waals surface area (Å²) in [5, 5.41) is 3.49. The molecule has 0 aliphatic carbocycles. The summed E-state index contributed by atoms with van der Waals surface area (Å²) in [4.78, 5) is 1.34. The molecule has 0 heterocycles. The minimum atomic E-state index is 0.436. The third-order valence-corrected chi connectivity index (χ3v) is 3.96. The Balaban J connectivity index is 2.07. The summed E-state index contributed by atoms with van der Waals surface area (Å²) < 4.78 is 1.14. The van der Waals surface area contributed by atoms with E-state index in [2.05, 4.69) is 66.3 Å². The summed E-state index contributed by atoms with van der Waals surface area (Å²) in [5.74, 6) is 1.13. The van der Waals surface area contributed by atoms with Crippen LogP contribution in [0.2, 0.25) is 0 Å². The van der Waals surface area contributed by atoms with Gasteiger partial charge in [-0.05, 0) is 42.6 Å². The van der Waals surface area contributed by atoms with Gasteiger partial charge in [-0.25, -0.2) is 0 Å². The highest BCUT2D eigenvalue weighted by Gasteiger charge is 2.08. The Bertz CT molecular complexity index is 316. The van der Waals surface area contributed by atoms with Crippen LogP contribution in [0.3, 0.4) is 0 Å². The van der Waals surface area contributed by atoms with Crippen molar-refractivity contribution in [3.63, 3.8) is 0 Å². The van der Waals surface area contributed by atoms with Crippen molar-refractivity contribution in [1.82, 2.24) is 5.32 Å². The van der Waals surface area contributed by atoms with Gasteiger partial charge in [0.1, 0.15) is 0 Å². The Morgan fingerprint density at radius 2 is 1.76 bits per heavy atom. The van der Waals surface area contributed by atoms with Gasteiger partial charge in [-0.1, -0.05) is 36.7 Å². The molecule has 0 bridgehead atoms. The van der Waals surface area contributed by atoms with Crippen LogP contribution in [0.5, 0.6) is 0 Å². The fourth-order valence-corrected chi connectivity index (χ4v) is 2.44. The Morgan fingerprint density at radius 1 is 1.12 bits per heavy atom. The third-order valence-electron chi connectivity index (χ3n) is 2.41. The van der Waals surface area contributed by atoms with Crippen LogP contribution in [0.1, 0.15) is 27.2 Å². The number of halogens is 1. The van der Waals surface area contributed by atoms with Crippen molar-refractivity contribution in [3.05, 3.63) is 28.7 Å². The predicted octanol–water partition coefficient (Wildman–Crippen LogP) is 4.57. The Hall–Kier alpha value is 0.01000. The Morgan fingerprint density at radius 3 is 2.35 bits per heavy atom. The summed E-state index contributed by atoms with van der Waals surface area (Å²) in [7, 11) is 0. The maximum Gasteiger partial charge on any atom is 0.0176 e. The van der Waals surface area contributed by atoms with Crippen molar-refractivity contribution in [2.75, 3.05) is 18.8 Å². The van der Waals surface area contributed by atoms with E-state index in [9.17, 15) is 0 Å². The van der Waals surface area contributed by atoms with E-state index in [-0.39, 0.29) is 0 Å². The molecule has 0 fully saturated rings. The number of benzene rings is 1. The lowest BCUT2D eigenvalue weighted by Crippen LogP contribution is -2.22. The SMILES string of the molecule is CC(C)(C)CCNCCSc1ccc(Br)cc1. The van der Waals surface area contributed by atoms with E-state index in [1.807, 2.05) is 11.8 Å². The fraction of sp³-hybridized carbons (Fsp3) is 0.571. The minimum absolute atomic E-state index is 0.436. The second-order valence-corrected chi connectivity index (χ2v) is 7.45. The predicted molar refractivity (Wildman–Crippen MR) is 81.8 cm³/mol. The monoisotopic (exact) mass is 315 g/mol. The lowest BCUT2D eigenvalue weighted by Gasteiger charge is -2.17. The van der Waals surface area contributed by atoms with Crippen LogP contribution < -0.4 is 5.32 Å². The summed E-state index contributed by atoms with van der Waals surface area (Å²) >= 11 is 5.35. The van der Waals surface area contributed by atoms with Crippen molar-refractivity contribution < 1.29 is 0 Å². The van der Waals surface area contributed by atoms with Crippen molar-refractivity contribution >= 4 is 27.7 Å². The largest absolute Gasteiger partial charge is 0.316 e. The van der Waals surface area contributed by atoms with Gasteiger partial charge < -0.3 is 5.32 Å². The normalized spacial score (nSPS) is 11.8. The summed E-state index contributed by atoms with van der Waals surface area (Å²) in [5.41, 5.74) is 0.436. The third kappa shape index (κ3) is 7.85. The molecule has 0 saturated heterocycles. The quantitative estimate of drug-likeness (QED) is 0.609. The van der Waals surface area contributed by atoms with Gasteiger partial charge in [-0.3, -0.25) is 0 Å². The standard InChI is InChI=1S/C14H22BrNS/c1-14(2,3)8-9-16-10-11-17-13-6-4-12(15)5-7-13/h4-7,16H,8-11H2,1-3H3. The van der Waals surface area contributed by atoms with Gasteiger partial charge in [-0.15, -0.1) is 11.8 Å². The van der Waals surface area contributed by atoms with Crippen molar-refractivity contribution in [3.8, 4) is 0 Å². The summed E-state index contributed by atoms with van der Waals surface area (Å²) in [6, 6.07) is 8.50. The Kier molecular flexibility index (Phi) is 6.60. The van der Waals surface area contributed by atoms with E-state index in [1.165, 1.54) is 11.3 Å². The van der Waals surface area contributed by atoms with E-state index >= 15 is 0 Å². The van der Waals surface area contributed by atoms with Crippen LogP contribution in [0.4, 0.5) is 0 Å². The van der Waals surface area contributed by atoms with E-state index in [4.69, 9.17) is 0 Å². The van der Waals surface area contributed by atoms with Gasteiger partial charge in [0.15, 0.2) is 0 Å². The number of rotatable bonds is 6. The maximum absolute atomic E-state index is 3.49. The zero-order chi connectivity index (χ0) is 12.7. The van der Waals surface area contributed by atoms with Crippen LogP contribution in [0.25, 0.3) is 0 Å². The number of hydrogen-bond acceptors (Lipinski definition) is 2. The van der Waals surface area contributed by atoms with Crippen LogP contribution in [-0.2, 0) is 0 Å². The fourth-order valence-electron chi connectivity index (χ4n) is 1.36. The number of nitrogens with one attached hydrogen (secondary N) is 1. The number of thioether (sulfide) groups is 1. The van der Waals surface area contributed by atoms with Gasteiger partial charge in [-0.2, -0.15) is 0 Å². The maximum atomic E-state index is 3.49. The molecule has 1 N–H and O–H groups in total. The van der Waals surface area contributed by atoms with Crippen molar-refractivity contribution in [1.29, 1.82) is 0 Å². The van der Waals surface area contributed by atoms with Gasteiger partial charge in [0.05, 0.1) is 0 Å². The van der Waals surface area contributed by atoms with Gasteiger partial charge in [0.2, 0.25) is 0 Å². The zero-order valence-corrected chi connectivity index (χ0v) is 13.3. The molecule has 0 aromatic heterocycles. The molecule has 1 aromatic carbocycles. The molecule has 17 heavy (non-hydrogen) atoms. The first-order valence-corrected chi connectivity index (χ1v) is 7.84. The smallest absolute Gasteiger partial charge is 0.0176 e. The molecule has 1 rings (SSSR count). The topological polar surface area (TPSA) is 12.0 Å². The molecule has 0 aliphatic heterocycles. The average molecular weight is 316 g/mol. The van der Waals surface area contributed by atoms with E-state index in [0.717, 1.165) is 23.3 Å². The van der Waals surface area contributed by atoms with E-state index in [1.54, 1.807) is 0 Å². The Labute approximate surface area is 118 Å². The molecule has 1 aromatic rings. The van der Waals surface area contributed by atoms with Crippen LogP contribution >= 0.6 is 27.7 Å². The number of hydrogen-bond donors (Lipinski definition) is 1. The molecule has 3 heteroatoms.